The topological polar surface area (TPSA) is 52.8 Å². The Kier molecular flexibility index (Phi) is 5.08. The van der Waals surface area contributed by atoms with Crippen molar-refractivity contribution >= 4 is 11.6 Å². The van der Waals surface area contributed by atoms with Gasteiger partial charge >= 0.3 is 0 Å². The van der Waals surface area contributed by atoms with E-state index in [1.54, 1.807) is 0 Å². The lowest BCUT2D eigenvalue weighted by atomic mass is 10.0. The number of para-hydroxylation sites is 1. The van der Waals surface area contributed by atoms with Crippen molar-refractivity contribution in [1.29, 1.82) is 0 Å². The molecule has 0 bridgehead atoms. The van der Waals surface area contributed by atoms with Crippen molar-refractivity contribution in [2.75, 3.05) is 57.3 Å². The van der Waals surface area contributed by atoms with Crippen molar-refractivity contribution in [3.63, 3.8) is 0 Å². The van der Waals surface area contributed by atoms with Crippen molar-refractivity contribution in [2.45, 2.75) is 12.8 Å². The number of carbonyl (C=O) groups is 1. The van der Waals surface area contributed by atoms with E-state index in [1.807, 2.05) is 11.0 Å². The van der Waals surface area contributed by atoms with Crippen LogP contribution in [0.4, 0.5) is 5.69 Å². The Labute approximate surface area is 132 Å². The van der Waals surface area contributed by atoms with Crippen molar-refractivity contribution in [3.05, 3.63) is 29.8 Å². The van der Waals surface area contributed by atoms with Gasteiger partial charge in [-0.2, -0.15) is 0 Å². The highest BCUT2D eigenvalue weighted by atomic mass is 16.2. The summed E-state index contributed by atoms with van der Waals surface area (Å²) in [6, 6.07) is 8.30. The Balaban J connectivity index is 1.57. The Bertz CT molecular complexity index is 511. The van der Waals surface area contributed by atoms with E-state index < -0.39 is 0 Å². The van der Waals surface area contributed by atoms with Gasteiger partial charge in [0.05, 0.1) is 6.54 Å². The van der Waals surface area contributed by atoms with Gasteiger partial charge in [-0.15, -0.1) is 0 Å². The van der Waals surface area contributed by atoms with Gasteiger partial charge in [-0.25, -0.2) is 0 Å². The van der Waals surface area contributed by atoms with Crippen molar-refractivity contribution in [1.82, 2.24) is 9.80 Å². The molecule has 2 aliphatic heterocycles. The SMILES string of the molecule is NCCN1CCN(CC(=O)N2CCCc3ccccc32)CC1. The average Bonchev–Trinajstić information content (AvgIpc) is 2.56. The van der Waals surface area contributed by atoms with Gasteiger partial charge in [0.25, 0.3) is 0 Å². The standard InChI is InChI=1S/C17H26N4O/c18-7-9-19-10-12-20(13-11-19)14-17(22)21-8-3-5-15-4-1-2-6-16(15)21/h1-2,4,6H,3,5,7-14,18H2. The molecule has 0 aliphatic carbocycles. The molecule has 1 aromatic carbocycles. The fourth-order valence-electron chi connectivity index (χ4n) is 3.42. The molecule has 1 saturated heterocycles. The van der Waals surface area contributed by atoms with Gasteiger partial charge in [-0.3, -0.25) is 14.6 Å². The molecular formula is C17H26N4O. The molecule has 0 radical (unpaired) electrons. The number of anilines is 1. The summed E-state index contributed by atoms with van der Waals surface area (Å²) in [6.07, 6.45) is 2.14. The van der Waals surface area contributed by atoms with Crippen LogP contribution in [-0.4, -0.2) is 68.1 Å². The minimum absolute atomic E-state index is 0.236. The molecular weight excluding hydrogens is 276 g/mol. The second-order valence-electron chi connectivity index (χ2n) is 6.18. The first-order valence-electron chi connectivity index (χ1n) is 8.31. The minimum Gasteiger partial charge on any atom is -0.329 e. The molecule has 0 atom stereocenters. The Morgan fingerprint density at radius 3 is 2.55 bits per heavy atom. The smallest absolute Gasteiger partial charge is 0.241 e. The summed E-state index contributed by atoms with van der Waals surface area (Å²) in [5.41, 5.74) is 8.01. The summed E-state index contributed by atoms with van der Waals surface area (Å²) in [7, 11) is 0. The van der Waals surface area contributed by atoms with E-state index in [2.05, 4.69) is 28.0 Å². The van der Waals surface area contributed by atoms with Crippen molar-refractivity contribution in [3.8, 4) is 0 Å². The number of hydrogen-bond acceptors (Lipinski definition) is 4. The van der Waals surface area contributed by atoms with E-state index in [0.717, 1.165) is 57.8 Å². The monoisotopic (exact) mass is 302 g/mol. The molecule has 1 amide bonds. The molecule has 1 aromatic rings. The molecule has 5 nitrogen and oxygen atoms in total. The summed E-state index contributed by atoms with van der Waals surface area (Å²) >= 11 is 0. The molecule has 22 heavy (non-hydrogen) atoms. The highest BCUT2D eigenvalue weighted by Crippen LogP contribution is 2.26. The maximum absolute atomic E-state index is 12.7. The number of fused-ring (bicyclic) bond motifs is 1. The highest BCUT2D eigenvalue weighted by molar-refractivity contribution is 5.95. The first kappa shape index (κ1) is 15.5. The summed E-state index contributed by atoms with van der Waals surface area (Å²) in [6.45, 7) is 7.00. The number of benzene rings is 1. The van der Waals surface area contributed by atoms with Crippen LogP contribution in [0.2, 0.25) is 0 Å². The third-order valence-corrected chi connectivity index (χ3v) is 4.68. The lowest BCUT2D eigenvalue weighted by molar-refractivity contribution is -0.120. The van der Waals surface area contributed by atoms with Crippen LogP contribution >= 0.6 is 0 Å². The van der Waals surface area contributed by atoms with Gasteiger partial charge in [0, 0.05) is 51.5 Å². The predicted octanol–water partition coefficient (Wildman–Crippen LogP) is 0.542. The number of rotatable bonds is 4. The Morgan fingerprint density at radius 2 is 1.77 bits per heavy atom. The minimum atomic E-state index is 0.236. The van der Waals surface area contributed by atoms with Crippen molar-refractivity contribution in [2.24, 2.45) is 5.73 Å². The molecule has 120 valence electrons. The van der Waals surface area contributed by atoms with Crippen LogP contribution in [0.3, 0.4) is 0 Å². The van der Waals surface area contributed by atoms with E-state index in [1.165, 1.54) is 5.56 Å². The Hall–Kier alpha value is -1.43. The number of nitrogens with two attached hydrogens (primary N) is 1. The normalized spacial score (nSPS) is 20.0. The summed E-state index contributed by atoms with van der Waals surface area (Å²) in [5, 5.41) is 0. The maximum atomic E-state index is 12.7. The molecule has 2 heterocycles. The zero-order valence-electron chi connectivity index (χ0n) is 13.2. The molecule has 5 heteroatoms. The molecule has 0 aromatic heterocycles. The number of hydrogen-bond donors (Lipinski definition) is 1. The number of nitrogens with zero attached hydrogens (tertiary/aromatic N) is 3. The van der Waals surface area contributed by atoms with Gasteiger partial charge in [0.15, 0.2) is 0 Å². The van der Waals surface area contributed by atoms with Crippen LogP contribution in [0, 0.1) is 0 Å². The van der Waals surface area contributed by atoms with Crippen LogP contribution in [0.1, 0.15) is 12.0 Å². The molecule has 0 spiro atoms. The van der Waals surface area contributed by atoms with Gasteiger partial charge in [-0.05, 0) is 24.5 Å². The summed E-state index contributed by atoms with van der Waals surface area (Å²) < 4.78 is 0. The van der Waals surface area contributed by atoms with Crippen molar-refractivity contribution < 1.29 is 4.79 Å². The summed E-state index contributed by atoms with van der Waals surface area (Å²) in [4.78, 5) is 19.3. The second-order valence-corrected chi connectivity index (χ2v) is 6.18. The van der Waals surface area contributed by atoms with Crippen LogP contribution < -0.4 is 10.6 Å². The fourth-order valence-corrected chi connectivity index (χ4v) is 3.42. The van der Waals surface area contributed by atoms with Crippen LogP contribution in [0.5, 0.6) is 0 Å². The van der Waals surface area contributed by atoms with Crippen LogP contribution in [-0.2, 0) is 11.2 Å². The predicted molar refractivity (Wildman–Crippen MR) is 89.1 cm³/mol. The van der Waals surface area contributed by atoms with E-state index in [0.29, 0.717) is 13.1 Å². The summed E-state index contributed by atoms with van der Waals surface area (Å²) in [5.74, 6) is 0.236. The maximum Gasteiger partial charge on any atom is 0.241 e. The third kappa shape index (κ3) is 3.48. The average molecular weight is 302 g/mol. The van der Waals surface area contributed by atoms with E-state index >= 15 is 0 Å². The molecule has 3 rings (SSSR count). The van der Waals surface area contributed by atoms with E-state index in [4.69, 9.17) is 5.73 Å². The van der Waals surface area contributed by atoms with E-state index in [9.17, 15) is 4.79 Å². The molecule has 0 unspecified atom stereocenters. The fraction of sp³-hybridized carbons (Fsp3) is 0.588. The third-order valence-electron chi connectivity index (χ3n) is 4.68. The van der Waals surface area contributed by atoms with Crippen LogP contribution in [0.25, 0.3) is 0 Å². The molecule has 2 aliphatic rings. The Morgan fingerprint density at radius 1 is 1.05 bits per heavy atom. The number of aryl methyl sites for hydroxylation is 1. The second kappa shape index (κ2) is 7.22. The zero-order chi connectivity index (χ0) is 15.4. The number of carbonyl (C=O) groups excluding carboxylic acids is 1. The van der Waals surface area contributed by atoms with Gasteiger partial charge in [0.2, 0.25) is 5.91 Å². The lowest BCUT2D eigenvalue weighted by Crippen LogP contribution is -2.51. The van der Waals surface area contributed by atoms with Gasteiger partial charge in [-0.1, -0.05) is 18.2 Å². The molecule has 1 fully saturated rings. The number of amides is 1. The van der Waals surface area contributed by atoms with Gasteiger partial charge in [0.1, 0.15) is 0 Å². The molecule has 0 saturated carbocycles. The quantitative estimate of drug-likeness (QED) is 0.882. The van der Waals surface area contributed by atoms with E-state index in [-0.39, 0.29) is 5.91 Å². The number of piperazine rings is 1. The van der Waals surface area contributed by atoms with Crippen LogP contribution in [0.15, 0.2) is 24.3 Å². The highest BCUT2D eigenvalue weighted by Gasteiger charge is 2.25. The zero-order valence-corrected chi connectivity index (χ0v) is 13.2. The largest absolute Gasteiger partial charge is 0.329 e. The lowest BCUT2D eigenvalue weighted by Gasteiger charge is -2.36. The molecule has 2 N–H and O–H groups in total. The van der Waals surface area contributed by atoms with Gasteiger partial charge < -0.3 is 10.6 Å². The first-order chi connectivity index (χ1) is 10.8. The first-order valence-corrected chi connectivity index (χ1v) is 8.31.